The van der Waals surface area contributed by atoms with Gasteiger partial charge in [0.1, 0.15) is 0 Å². The summed E-state index contributed by atoms with van der Waals surface area (Å²) in [4.78, 5) is 1.22. The molecule has 0 radical (unpaired) electrons. The Morgan fingerprint density at radius 2 is 2.10 bits per heavy atom. The molecule has 21 heavy (non-hydrogen) atoms. The van der Waals surface area contributed by atoms with Crippen LogP contribution in [0.15, 0.2) is 17.5 Å². The Morgan fingerprint density at radius 3 is 2.67 bits per heavy atom. The third kappa shape index (κ3) is 4.75. The fourth-order valence-electron chi connectivity index (χ4n) is 2.53. The first kappa shape index (κ1) is 16.9. The third-order valence-corrected chi connectivity index (χ3v) is 6.42. The number of rotatable bonds is 6. The topological polar surface area (TPSA) is 58.6 Å². The second-order valence-electron chi connectivity index (χ2n) is 5.58. The van der Waals surface area contributed by atoms with Crippen LogP contribution in [0.5, 0.6) is 0 Å². The second-order valence-corrected chi connectivity index (χ2v) is 8.65. The minimum absolute atomic E-state index is 0.0403. The quantitative estimate of drug-likeness (QED) is 0.863. The highest BCUT2D eigenvalue weighted by atomic mass is 32.2. The first-order chi connectivity index (χ1) is 9.88. The van der Waals surface area contributed by atoms with Crippen molar-refractivity contribution in [2.24, 2.45) is 0 Å². The van der Waals surface area contributed by atoms with Crippen molar-refractivity contribution in [2.45, 2.75) is 39.0 Å². The van der Waals surface area contributed by atoms with E-state index in [-0.39, 0.29) is 24.0 Å². The van der Waals surface area contributed by atoms with Crippen LogP contribution in [0, 0.1) is 0 Å². The van der Waals surface area contributed by atoms with Crippen LogP contribution in [0.3, 0.4) is 0 Å². The van der Waals surface area contributed by atoms with Crippen molar-refractivity contribution >= 4 is 21.4 Å². The van der Waals surface area contributed by atoms with E-state index >= 15 is 0 Å². The number of nitrogens with zero attached hydrogens (tertiary/aromatic N) is 1. The van der Waals surface area contributed by atoms with Crippen molar-refractivity contribution in [2.75, 3.05) is 25.4 Å². The zero-order chi connectivity index (χ0) is 15.5. The summed E-state index contributed by atoms with van der Waals surface area (Å²) in [7, 11) is -3.22. The van der Waals surface area contributed by atoms with Gasteiger partial charge in [0.15, 0.2) is 0 Å². The average Bonchev–Trinajstić information content (AvgIpc) is 2.91. The van der Waals surface area contributed by atoms with E-state index < -0.39 is 10.0 Å². The van der Waals surface area contributed by atoms with Crippen molar-refractivity contribution in [3.63, 3.8) is 0 Å². The molecule has 7 heteroatoms. The van der Waals surface area contributed by atoms with Gasteiger partial charge in [0.2, 0.25) is 10.0 Å². The van der Waals surface area contributed by atoms with Crippen LogP contribution in [0.1, 0.15) is 31.7 Å². The molecule has 0 unspecified atom stereocenters. The van der Waals surface area contributed by atoms with Crippen LogP contribution < -0.4 is 5.32 Å². The molecular weight excluding hydrogens is 308 g/mol. The summed E-state index contributed by atoms with van der Waals surface area (Å²) in [6.07, 6.45) is -0.0805. The monoisotopic (exact) mass is 332 g/mol. The van der Waals surface area contributed by atoms with E-state index in [0.29, 0.717) is 19.6 Å². The molecule has 1 fully saturated rings. The van der Waals surface area contributed by atoms with Crippen LogP contribution in [-0.2, 0) is 14.8 Å². The van der Waals surface area contributed by atoms with Gasteiger partial charge in [-0.2, -0.15) is 4.31 Å². The zero-order valence-corrected chi connectivity index (χ0v) is 14.4. The Hall–Kier alpha value is -0.470. The lowest BCUT2D eigenvalue weighted by Crippen LogP contribution is -2.49. The molecule has 1 aliphatic rings. The average molecular weight is 332 g/mol. The smallest absolute Gasteiger partial charge is 0.215 e. The normalized spacial score (nSPS) is 25.9. The minimum atomic E-state index is -3.22. The molecule has 0 amide bonds. The van der Waals surface area contributed by atoms with Crippen molar-refractivity contribution in [3.8, 4) is 0 Å². The summed E-state index contributed by atoms with van der Waals surface area (Å²) in [6.45, 7) is 7.24. The van der Waals surface area contributed by atoms with Gasteiger partial charge in [-0.1, -0.05) is 6.07 Å². The lowest BCUT2D eigenvalue weighted by molar-refractivity contribution is -0.0440. The van der Waals surface area contributed by atoms with E-state index in [1.807, 2.05) is 25.3 Å². The van der Waals surface area contributed by atoms with Crippen molar-refractivity contribution in [3.05, 3.63) is 22.4 Å². The van der Waals surface area contributed by atoms with Gasteiger partial charge >= 0.3 is 0 Å². The van der Waals surface area contributed by atoms with Gasteiger partial charge < -0.3 is 10.1 Å². The lowest BCUT2D eigenvalue weighted by atomic mass is 10.3. The van der Waals surface area contributed by atoms with Crippen LogP contribution in [-0.4, -0.2) is 50.3 Å². The summed E-state index contributed by atoms with van der Waals surface area (Å²) in [6, 6.07) is 4.25. The molecule has 0 saturated carbocycles. The Kier molecular flexibility index (Phi) is 5.79. The molecule has 1 saturated heterocycles. The second kappa shape index (κ2) is 7.19. The van der Waals surface area contributed by atoms with E-state index in [4.69, 9.17) is 4.74 Å². The van der Waals surface area contributed by atoms with Crippen LogP contribution in [0.2, 0.25) is 0 Å². The number of morpholine rings is 1. The maximum absolute atomic E-state index is 12.4. The molecule has 0 spiro atoms. The van der Waals surface area contributed by atoms with E-state index in [1.54, 1.807) is 15.6 Å². The van der Waals surface area contributed by atoms with Gasteiger partial charge in [0.25, 0.3) is 0 Å². The predicted octanol–water partition coefficient (Wildman–Crippen LogP) is 1.84. The largest absolute Gasteiger partial charge is 0.373 e. The molecule has 5 nitrogen and oxygen atoms in total. The summed E-state index contributed by atoms with van der Waals surface area (Å²) < 4.78 is 31.9. The molecule has 120 valence electrons. The molecule has 1 aromatic heterocycles. The highest BCUT2D eigenvalue weighted by Crippen LogP contribution is 2.18. The van der Waals surface area contributed by atoms with Gasteiger partial charge in [-0.3, -0.25) is 0 Å². The summed E-state index contributed by atoms with van der Waals surface area (Å²) in [5.74, 6) is 0.127. The Bertz CT molecular complexity index is 520. The lowest BCUT2D eigenvalue weighted by Gasteiger charge is -2.34. The van der Waals surface area contributed by atoms with Gasteiger partial charge in [-0.15, -0.1) is 11.3 Å². The Labute approximate surface area is 131 Å². The SMILES string of the molecule is C[C@@H]1CN(S(=O)(=O)CCN[C@H](C)c2cccs2)C[C@H](C)O1. The number of sulfonamides is 1. The fraction of sp³-hybridized carbons (Fsp3) is 0.714. The predicted molar refractivity (Wildman–Crippen MR) is 86.1 cm³/mol. The molecule has 0 aliphatic carbocycles. The van der Waals surface area contributed by atoms with Crippen molar-refractivity contribution in [1.82, 2.24) is 9.62 Å². The van der Waals surface area contributed by atoms with E-state index in [0.717, 1.165) is 0 Å². The zero-order valence-electron chi connectivity index (χ0n) is 12.8. The number of nitrogens with one attached hydrogen (secondary N) is 1. The summed E-state index contributed by atoms with van der Waals surface area (Å²) >= 11 is 1.68. The van der Waals surface area contributed by atoms with Gasteiger partial charge in [0, 0.05) is 30.6 Å². The molecule has 3 atom stereocenters. The van der Waals surface area contributed by atoms with Crippen LogP contribution in [0.4, 0.5) is 0 Å². The molecule has 1 N–H and O–H groups in total. The van der Waals surface area contributed by atoms with Crippen LogP contribution in [0.25, 0.3) is 0 Å². The van der Waals surface area contributed by atoms with Crippen molar-refractivity contribution in [1.29, 1.82) is 0 Å². The number of hydrogen-bond donors (Lipinski definition) is 1. The standard InChI is InChI=1S/C14H24N2O3S2/c1-11-9-16(10-12(2)19-11)21(17,18)8-6-15-13(3)14-5-4-7-20-14/h4-5,7,11-13,15H,6,8-10H2,1-3H3/t11-,12+,13-/m1/s1. The van der Waals surface area contributed by atoms with Gasteiger partial charge in [-0.25, -0.2) is 8.42 Å². The van der Waals surface area contributed by atoms with Crippen molar-refractivity contribution < 1.29 is 13.2 Å². The van der Waals surface area contributed by atoms with Crippen LogP contribution >= 0.6 is 11.3 Å². The number of hydrogen-bond acceptors (Lipinski definition) is 5. The first-order valence-electron chi connectivity index (χ1n) is 7.28. The van der Waals surface area contributed by atoms with Gasteiger partial charge in [-0.05, 0) is 32.2 Å². The van der Waals surface area contributed by atoms with E-state index in [1.165, 1.54) is 4.88 Å². The minimum Gasteiger partial charge on any atom is -0.373 e. The highest BCUT2D eigenvalue weighted by Gasteiger charge is 2.30. The number of ether oxygens (including phenoxy) is 1. The molecule has 0 bridgehead atoms. The summed E-state index contributed by atoms with van der Waals surface area (Å²) in [5.41, 5.74) is 0. The molecule has 1 aliphatic heterocycles. The Morgan fingerprint density at radius 1 is 1.43 bits per heavy atom. The maximum Gasteiger partial charge on any atom is 0.215 e. The maximum atomic E-state index is 12.4. The van der Waals surface area contributed by atoms with Gasteiger partial charge in [0.05, 0.1) is 18.0 Å². The van der Waals surface area contributed by atoms with E-state index in [9.17, 15) is 8.42 Å². The molecule has 2 heterocycles. The Balaban J connectivity index is 1.84. The molecule has 1 aromatic rings. The molecule has 2 rings (SSSR count). The number of thiophene rings is 1. The molecule has 0 aromatic carbocycles. The van der Waals surface area contributed by atoms with E-state index in [2.05, 4.69) is 18.3 Å². The third-order valence-electron chi connectivity index (χ3n) is 3.56. The summed E-state index contributed by atoms with van der Waals surface area (Å²) in [5, 5.41) is 5.30. The fourth-order valence-corrected chi connectivity index (χ4v) is 4.80. The highest BCUT2D eigenvalue weighted by molar-refractivity contribution is 7.89. The molecular formula is C14H24N2O3S2. The first-order valence-corrected chi connectivity index (χ1v) is 9.77.